The van der Waals surface area contributed by atoms with E-state index in [0.29, 0.717) is 17.8 Å². The molecular weight excluding hydrogens is 320 g/mol. The zero-order valence-corrected chi connectivity index (χ0v) is 13.6. The van der Waals surface area contributed by atoms with Crippen LogP contribution in [0, 0.1) is 11.3 Å². The van der Waals surface area contributed by atoms with Crippen LogP contribution in [0.3, 0.4) is 0 Å². The smallest absolute Gasteiger partial charge is 0.277 e. The van der Waals surface area contributed by atoms with Gasteiger partial charge in [-0.15, -0.1) is 0 Å². The molecule has 25 heavy (non-hydrogen) atoms. The topological polar surface area (TPSA) is 97.5 Å². The fourth-order valence-electron chi connectivity index (χ4n) is 2.79. The second-order valence-corrected chi connectivity index (χ2v) is 5.82. The Morgan fingerprint density at radius 1 is 1.32 bits per heavy atom. The average molecular weight is 336 g/mol. The van der Waals surface area contributed by atoms with E-state index >= 15 is 0 Å². The predicted molar refractivity (Wildman–Crippen MR) is 89.9 cm³/mol. The minimum Gasteiger partial charge on any atom is -0.505 e. The van der Waals surface area contributed by atoms with Crippen molar-refractivity contribution in [1.82, 2.24) is 9.88 Å². The SMILES string of the molecule is C[C@@H]1CN(c2ccc(C#N)cc2)C(=O)CN1C(=O)c1ncccc1O. The first-order valence-corrected chi connectivity index (χ1v) is 7.76. The molecule has 1 aliphatic heterocycles. The van der Waals surface area contributed by atoms with Gasteiger partial charge in [-0.05, 0) is 43.3 Å². The molecule has 126 valence electrons. The zero-order valence-electron chi connectivity index (χ0n) is 13.6. The summed E-state index contributed by atoms with van der Waals surface area (Å²) in [7, 11) is 0. The molecule has 1 N–H and O–H groups in total. The predicted octanol–water partition coefficient (Wildman–Crippen LogP) is 1.54. The van der Waals surface area contributed by atoms with Gasteiger partial charge in [0.1, 0.15) is 12.3 Å². The molecule has 1 atom stereocenters. The first-order chi connectivity index (χ1) is 12.0. The number of amides is 2. The minimum atomic E-state index is -0.474. The standard InChI is InChI=1S/C18H16N4O3/c1-12-10-22(14-6-4-13(9-19)5-7-14)16(24)11-21(12)18(25)17-15(23)3-2-8-20-17/h2-8,12,23H,10-11H2,1H3/t12-/m1/s1. The number of aromatic nitrogens is 1. The maximum Gasteiger partial charge on any atom is 0.277 e. The molecule has 1 aromatic heterocycles. The van der Waals surface area contributed by atoms with Crippen LogP contribution >= 0.6 is 0 Å². The molecule has 0 saturated carbocycles. The van der Waals surface area contributed by atoms with E-state index in [-0.39, 0.29) is 29.9 Å². The number of nitrogens with zero attached hydrogens (tertiary/aromatic N) is 4. The number of hydrogen-bond acceptors (Lipinski definition) is 5. The van der Waals surface area contributed by atoms with Crippen molar-refractivity contribution >= 4 is 17.5 Å². The Balaban J connectivity index is 1.80. The Bertz CT molecular complexity index is 857. The van der Waals surface area contributed by atoms with Crippen LogP contribution in [0.15, 0.2) is 42.6 Å². The van der Waals surface area contributed by atoms with Crippen LogP contribution in [-0.2, 0) is 4.79 Å². The Morgan fingerprint density at radius 2 is 2.04 bits per heavy atom. The third-order valence-electron chi connectivity index (χ3n) is 4.14. The van der Waals surface area contributed by atoms with Crippen molar-refractivity contribution in [3.8, 4) is 11.8 Å². The summed E-state index contributed by atoms with van der Waals surface area (Å²) in [4.78, 5) is 32.0. The molecule has 7 nitrogen and oxygen atoms in total. The summed E-state index contributed by atoms with van der Waals surface area (Å²) in [6, 6.07) is 11.4. The van der Waals surface area contributed by atoms with Crippen molar-refractivity contribution in [3.05, 3.63) is 53.9 Å². The summed E-state index contributed by atoms with van der Waals surface area (Å²) in [5, 5.41) is 18.7. The number of hydrogen-bond donors (Lipinski definition) is 1. The van der Waals surface area contributed by atoms with Crippen molar-refractivity contribution in [2.75, 3.05) is 18.0 Å². The van der Waals surface area contributed by atoms with Gasteiger partial charge >= 0.3 is 0 Å². The molecule has 0 aliphatic carbocycles. The highest BCUT2D eigenvalue weighted by Gasteiger charge is 2.34. The van der Waals surface area contributed by atoms with Crippen LogP contribution in [0.1, 0.15) is 23.0 Å². The van der Waals surface area contributed by atoms with Crippen molar-refractivity contribution in [2.24, 2.45) is 0 Å². The fourth-order valence-corrected chi connectivity index (χ4v) is 2.79. The van der Waals surface area contributed by atoms with Gasteiger partial charge in [0.2, 0.25) is 5.91 Å². The summed E-state index contributed by atoms with van der Waals surface area (Å²) in [5.41, 5.74) is 1.14. The summed E-state index contributed by atoms with van der Waals surface area (Å²) in [6.45, 7) is 2.06. The lowest BCUT2D eigenvalue weighted by atomic mass is 10.1. The van der Waals surface area contributed by atoms with E-state index < -0.39 is 5.91 Å². The molecule has 1 aliphatic rings. The number of pyridine rings is 1. The quantitative estimate of drug-likeness (QED) is 0.897. The van der Waals surface area contributed by atoms with E-state index in [1.54, 1.807) is 29.2 Å². The summed E-state index contributed by atoms with van der Waals surface area (Å²) in [5.74, 6) is -0.910. The Kier molecular flexibility index (Phi) is 4.35. The molecule has 1 fully saturated rings. The number of aromatic hydroxyl groups is 1. The van der Waals surface area contributed by atoms with Crippen LogP contribution in [-0.4, -0.2) is 45.9 Å². The van der Waals surface area contributed by atoms with Crippen molar-refractivity contribution in [2.45, 2.75) is 13.0 Å². The summed E-state index contributed by atoms with van der Waals surface area (Å²) < 4.78 is 0. The first kappa shape index (κ1) is 16.5. The summed E-state index contributed by atoms with van der Waals surface area (Å²) in [6.07, 6.45) is 1.42. The second kappa shape index (κ2) is 6.61. The van der Waals surface area contributed by atoms with Crippen molar-refractivity contribution < 1.29 is 14.7 Å². The number of carbonyl (C=O) groups excluding carboxylic acids is 2. The first-order valence-electron chi connectivity index (χ1n) is 7.76. The fraction of sp³-hybridized carbons (Fsp3) is 0.222. The van der Waals surface area contributed by atoms with E-state index in [2.05, 4.69) is 4.98 Å². The monoisotopic (exact) mass is 336 g/mol. The maximum absolute atomic E-state index is 12.6. The van der Waals surface area contributed by atoms with E-state index in [9.17, 15) is 14.7 Å². The number of piperazine rings is 1. The number of nitriles is 1. The molecule has 0 bridgehead atoms. The van der Waals surface area contributed by atoms with E-state index in [1.807, 2.05) is 13.0 Å². The molecule has 2 aromatic rings. The van der Waals surface area contributed by atoms with Gasteiger partial charge in [-0.1, -0.05) is 0 Å². The van der Waals surface area contributed by atoms with Crippen LogP contribution < -0.4 is 4.90 Å². The maximum atomic E-state index is 12.6. The average Bonchev–Trinajstić information content (AvgIpc) is 2.63. The van der Waals surface area contributed by atoms with Gasteiger partial charge in [-0.3, -0.25) is 9.59 Å². The van der Waals surface area contributed by atoms with Gasteiger partial charge in [-0.25, -0.2) is 4.98 Å². The lowest BCUT2D eigenvalue weighted by Gasteiger charge is -2.39. The van der Waals surface area contributed by atoms with Crippen molar-refractivity contribution in [1.29, 1.82) is 5.26 Å². The van der Waals surface area contributed by atoms with Crippen molar-refractivity contribution in [3.63, 3.8) is 0 Å². The molecule has 0 unspecified atom stereocenters. The Morgan fingerprint density at radius 3 is 2.68 bits per heavy atom. The molecule has 3 rings (SSSR count). The number of benzene rings is 1. The third kappa shape index (κ3) is 3.15. The normalized spacial score (nSPS) is 17.3. The van der Waals surface area contributed by atoms with Gasteiger partial charge in [0, 0.05) is 24.5 Å². The third-order valence-corrected chi connectivity index (χ3v) is 4.14. The number of carbonyl (C=O) groups is 2. The lowest BCUT2D eigenvalue weighted by Crippen LogP contribution is -2.57. The molecule has 1 aromatic carbocycles. The van der Waals surface area contributed by atoms with Crippen LogP contribution in [0.25, 0.3) is 0 Å². The van der Waals surface area contributed by atoms with Gasteiger partial charge < -0.3 is 14.9 Å². The minimum absolute atomic E-state index is 0.0611. The van der Waals surface area contributed by atoms with Crippen LogP contribution in [0.2, 0.25) is 0 Å². The van der Waals surface area contributed by atoms with Gasteiger partial charge in [0.15, 0.2) is 5.69 Å². The highest BCUT2D eigenvalue weighted by molar-refractivity contribution is 6.02. The van der Waals surface area contributed by atoms with E-state index in [4.69, 9.17) is 5.26 Å². The summed E-state index contributed by atoms with van der Waals surface area (Å²) >= 11 is 0. The zero-order chi connectivity index (χ0) is 18.0. The molecule has 2 heterocycles. The van der Waals surface area contributed by atoms with Gasteiger partial charge in [0.05, 0.1) is 11.6 Å². The highest BCUT2D eigenvalue weighted by atomic mass is 16.3. The van der Waals surface area contributed by atoms with Gasteiger partial charge in [-0.2, -0.15) is 5.26 Å². The Labute approximate surface area is 144 Å². The highest BCUT2D eigenvalue weighted by Crippen LogP contribution is 2.23. The molecule has 0 spiro atoms. The number of rotatable bonds is 2. The molecular formula is C18H16N4O3. The largest absolute Gasteiger partial charge is 0.505 e. The van der Waals surface area contributed by atoms with Crippen LogP contribution in [0.4, 0.5) is 5.69 Å². The molecule has 2 amide bonds. The lowest BCUT2D eigenvalue weighted by molar-refractivity contribution is -0.121. The molecule has 0 radical (unpaired) electrons. The molecule has 1 saturated heterocycles. The second-order valence-electron chi connectivity index (χ2n) is 5.82. The van der Waals surface area contributed by atoms with Gasteiger partial charge in [0.25, 0.3) is 5.91 Å². The van der Waals surface area contributed by atoms with Crippen LogP contribution in [0.5, 0.6) is 5.75 Å². The number of anilines is 1. The Hall–Kier alpha value is -3.40. The van der Waals surface area contributed by atoms with E-state index in [0.717, 1.165) is 0 Å². The molecule has 7 heteroatoms. The van der Waals surface area contributed by atoms with E-state index in [1.165, 1.54) is 23.2 Å².